The Kier molecular flexibility index (Phi) is 9.10. The highest BCUT2D eigenvalue weighted by Crippen LogP contribution is 2.25. The fourth-order valence-corrected chi connectivity index (χ4v) is 2.67. The first-order valence-corrected chi connectivity index (χ1v) is 8.21. The lowest BCUT2D eigenvalue weighted by Gasteiger charge is -2.07. The van der Waals surface area contributed by atoms with E-state index in [0.717, 1.165) is 40.6 Å². The van der Waals surface area contributed by atoms with Crippen LogP contribution in [-0.4, -0.2) is 30.4 Å². The van der Waals surface area contributed by atoms with Gasteiger partial charge in [-0.25, -0.2) is 4.98 Å². The average molecular weight is 398 g/mol. The molecule has 1 rings (SSSR count). The lowest BCUT2D eigenvalue weighted by Crippen LogP contribution is -2.17. The predicted octanol–water partition coefficient (Wildman–Crippen LogP) is 3.68. The maximum Gasteiger partial charge on any atom is 0.228 e. The molecule has 0 radical (unpaired) electrons. The van der Waals surface area contributed by atoms with Gasteiger partial charge < -0.3 is 10.1 Å². The van der Waals surface area contributed by atoms with Gasteiger partial charge in [0.15, 0.2) is 0 Å². The number of hydrogen-bond acceptors (Lipinski definition) is 4. The Morgan fingerprint density at radius 3 is 2.78 bits per heavy atom. The fourth-order valence-electron chi connectivity index (χ4n) is 1.41. The van der Waals surface area contributed by atoms with E-state index in [0.29, 0.717) is 12.5 Å². The Hall–Kier alpha value is 0.220. The zero-order valence-electron chi connectivity index (χ0n) is 10.2. The molecule has 0 atom stereocenters. The summed E-state index contributed by atoms with van der Waals surface area (Å²) in [6.45, 7) is 2.75. The van der Waals surface area contributed by atoms with Crippen LogP contribution in [-0.2, 0) is 0 Å². The van der Waals surface area contributed by atoms with Crippen molar-refractivity contribution in [3.05, 3.63) is 21.2 Å². The van der Waals surface area contributed by atoms with Crippen molar-refractivity contribution in [2.45, 2.75) is 19.3 Å². The lowest BCUT2D eigenvalue weighted by atomic mass is 10.2. The van der Waals surface area contributed by atoms with Gasteiger partial charge in [-0.2, -0.15) is 12.6 Å². The molecule has 0 amide bonds. The van der Waals surface area contributed by atoms with Gasteiger partial charge in [0.1, 0.15) is 0 Å². The molecular formula is C12H18Br2N2OS. The number of thiol groups is 1. The summed E-state index contributed by atoms with van der Waals surface area (Å²) in [7, 11) is 0. The average Bonchev–Trinajstić information content (AvgIpc) is 2.35. The fraction of sp³-hybridized carbons (Fsp3) is 0.583. The number of pyridine rings is 1. The van der Waals surface area contributed by atoms with Crippen molar-refractivity contribution < 1.29 is 4.74 Å². The van der Waals surface area contributed by atoms with E-state index in [1.807, 2.05) is 6.07 Å². The third kappa shape index (κ3) is 6.97. The molecule has 0 saturated carbocycles. The molecule has 1 aromatic heterocycles. The molecule has 1 aromatic rings. The van der Waals surface area contributed by atoms with E-state index in [1.54, 1.807) is 6.20 Å². The summed E-state index contributed by atoms with van der Waals surface area (Å²) in [6.07, 6.45) is 5.12. The Morgan fingerprint density at radius 1 is 1.22 bits per heavy atom. The Labute approximate surface area is 131 Å². The highest BCUT2D eigenvalue weighted by atomic mass is 79.9. The summed E-state index contributed by atoms with van der Waals surface area (Å²) >= 11 is 10.9. The van der Waals surface area contributed by atoms with Gasteiger partial charge >= 0.3 is 0 Å². The molecule has 0 aliphatic heterocycles. The zero-order chi connectivity index (χ0) is 13.2. The Morgan fingerprint density at radius 2 is 2.06 bits per heavy atom. The van der Waals surface area contributed by atoms with Crippen LogP contribution in [0.2, 0.25) is 0 Å². The number of rotatable bonds is 9. The van der Waals surface area contributed by atoms with Crippen molar-refractivity contribution in [1.29, 1.82) is 0 Å². The van der Waals surface area contributed by atoms with Gasteiger partial charge in [0.2, 0.25) is 5.88 Å². The minimum absolute atomic E-state index is 0.659. The second-order valence-corrected chi connectivity index (χ2v) is 6.04. The summed E-state index contributed by atoms with van der Waals surface area (Å²) in [4.78, 5) is 4.20. The number of nitrogens with zero attached hydrogens (tertiary/aromatic N) is 1. The van der Waals surface area contributed by atoms with E-state index in [-0.39, 0.29) is 0 Å². The van der Waals surface area contributed by atoms with Crippen molar-refractivity contribution in [3.8, 4) is 5.88 Å². The highest BCUT2D eigenvalue weighted by molar-refractivity contribution is 9.11. The number of unbranched alkanes of at least 4 members (excludes halogenated alkanes) is 2. The van der Waals surface area contributed by atoms with Crippen molar-refractivity contribution in [2.24, 2.45) is 0 Å². The first-order chi connectivity index (χ1) is 8.74. The molecule has 1 N–H and O–H groups in total. The lowest BCUT2D eigenvalue weighted by molar-refractivity contribution is 0.292. The molecular weight excluding hydrogens is 380 g/mol. The molecule has 0 saturated heterocycles. The Bertz CT molecular complexity index is 353. The third-order valence-electron chi connectivity index (χ3n) is 2.30. The van der Waals surface area contributed by atoms with Crippen molar-refractivity contribution in [1.82, 2.24) is 10.3 Å². The third-order valence-corrected chi connectivity index (χ3v) is 3.52. The van der Waals surface area contributed by atoms with Crippen LogP contribution in [0.15, 0.2) is 21.2 Å². The molecule has 0 spiro atoms. The number of hydrogen-bond donors (Lipinski definition) is 2. The first-order valence-electron chi connectivity index (χ1n) is 5.99. The maximum atomic E-state index is 5.61. The molecule has 0 aliphatic carbocycles. The predicted molar refractivity (Wildman–Crippen MR) is 85.7 cm³/mol. The quantitative estimate of drug-likeness (QED) is 0.492. The van der Waals surface area contributed by atoms with Crippen LogP contribution in [0.3, 0.4) is 0 Å². The van der Waals surface area contributed by atoms with Crippen LogP contribution >= 0.6 is 44.5 Å². The SMILES string of the molecule is SCCNCCCCCOc1ncc(Br)cc1Br. The molecule has 18 heavy (non-hydrogen) atoms. The molecule has 0 fully saturated rings. The van der Waals surface area contributed by atoms with E-state index in [4.69, 9.17) is 4.74 Å². The van der Waals surface area contributed by atoms with Crippen LogP contribution in [0.4, 0.5) is 0 Å². The molecule has 3 nitrogen and oxygen atoms in total. The van der Waals surface area contributed by atoms with Crippen LogP contribution in [0.1, 0.15) is 19.3 Å². The summed E-state index contributed by atoms with van der Waals surface area (Å²) in [5, 5.41) is 3.32. The van der Waals surface area contributed by atoms with E-state index in [1.165, 1.54) is 6.42 Å². The van der Waals surface area contributed by atoms with Crippen LogP contribution in [0.5, 0.6) is 5.88 Å². The Balaban J connectivity index is 2.07. The van der Waals surface area contributed by atoms with Gasteiger partial charge in [-0.05, 0) is 63.7 Å². The maximum absolute atomic E-state index is 5.61. The highest BCUT2D eigenvalue weighted by Gasteiger charge is 2.02. The zero-order valence-corrected chi connectivity index (χ0v) is 14.2. The second kappa shape index (κ2) is 10.1. The first kappa shape index (κ1) is 16.3. The van der Waals surface area contributed by atoms with Crippen LogP contribution in [0, 0.1) is 0 Å². The monoisotopic (exact) mass is 396 g/mol. The van der Waals surface area contributed by atoms with Gasteiger partial charge in [0.25, 0.3) is 0 Å². The summed E-state index contributed by atoms with van der Waals surface area (Å²) in [6, 6.07) is 1.93. The number of halogens is 2. The van der Waals surface area contributed by atoms with E-state index in [2.05, 4.69) is 54.8 Å². The van der Waals surface area contributed by atoms with E-state index in [9.17, 15) is 0 Å². The summed E-state index contributed by atoms with van der Waals surface area (Å²) < 4.78 is 7.43. The summed E-state index contributed by atoms with van der Waals surface area (Å²) in [5.41, 5.74) is 0. The molecule has 1 heterocycles. The number of ether oxygens (including phenoxy) is 1. The standard InChI is InChI=1S/C12H18Br2N2OS/c13-10-8-11(14)12(16-9-10)17-6-3-1-2-4-15-5-7-18/h8-9,15,18H,1-7H2. The molecule has 102 valence electrons. The van der Waals surface area contributed by atoms with Gasteiger partial charge in [-0.15, -0.1) is 0 Å². The smallest absolute Gasteiger partial charge is 0.228 e. The molecule has 0 aromatic carbocycles. The van der Waals surface area contributed by atoms with E-state index < -0.39 is 0 Å². The van der Waals surface area contributed by atoms with Crippen molar-refractivity contribution in [2.75, 3.05) is 25.4 Å². The minimum Gasteiger partial charge on any atom is -0.477 e. The normalized spacial score (nSPS) is 10.6. The molecule has 0 bridgehead atoms. The second-order valence-electron chi connectivity index (χ2n) is 3.82. The van der Waals surface area contributed by atoms with E-state index >= 15 is 0 Å². The van der Waals surface area contributed by atoms with Gasteiger partial charge in [-0.3, -0.25) is 0 Å². The van der Waals surface area contributed by atoms with Crippen molar-refractivity contribution in [3.63, 3.8) is 0 Å². The van der Waals surface area contributed by atoms with Gasteiger partial charge in [0.05, 0.1) is 11.1 Å². The summed E-state index contributed by atoms with van der Waals surface area (Å²) in [5.74, 6) is 1.55. The topological polar surface area (TPSA) is 34.1 Å². The molecule has 0 aliphatic rings. The van der Waals surface area contributed by atoms with Crippen LogP contribution in [0.25, 0.3) is 0 Å². The van der Waals surface area contributed by atoms with Gasteiger partial charge in [-0.1, -0.05) is 0 Å². The number of aromatic nitrogens is 1. The molecule has 6 heteroatoms. The van der Waals surface area contributed by atoms with Crippen LogP contribution < -0.4 is 10.1 Å². The van der Waals surface area contributed by atoms with Gasteiger partial charge in [0, 0.05) is 23.0 Å². The minimum atomic E-state index is 0.659. The molecule has 0 unspecified atom stereocenters. The van der Waals surface area contributed by atoms with Crippen molar-refractivity contribution >= 4 is 44.5 Å². The number of nitrogens with one attached hydrogen (secondary N) is 1. The largest absolute Gasteiger partial charge is 0.477 e.